The van der Waals surface area contributed by atoms with Gasteiger partial charge in [-0.05, 0) is 31.4 Å². The van der Waals surface area contributed by atoms with Crippen LogP contribution in [0.2, 0.25) is 0 Å². The van der Waals surface area contributed by atoms with Gasteiger partial charge in [0, 0.05) is 23.5 Å². The van der Waals surface area contributed by atoms with E-state index in [0.29, 0.717) is 16.8 Å². The van der Waals surface area contributed by atoms with Gasteiger partial charge in [0.25, 0.3) is 0 Å². The number of aromatic nitrogens is 4. The summed E-state index contributed by atoms with van der Waals surface area (Å²) in [6, 6.07) is 10.1. The van der Waals surface area contributed by atoms with Gasteiger partial charge in [-0.1, -0.05) is 43.3 Å². The standard InChI is InChI=1S/C19H22N6OS/c1-3-6-14-10-16-22-23-19(25(16)18(20)21-14)27-11-17(26)24-12(2)9-13-7-4-5-8-15(13)24/h4-5,7-8,10,12H,3,6,9,11H2,1-2H3,(H2,20,21)/t12-/m1/s1. The molecule has 1 aliphatic rings. The van der Waals surface area contributed by atoms with Crippen molar-refractivity contribution < 1.29 is 4.79 Å². The number of carbonyl (C=O) groups excluding carboxylic acids is 1. The molecule has 0 saturated heterocycles. The van der Waals surface area contributed by atoms with Gasteiger partial charge < -0.3 is 10.6 Å². The number of hydrogen-bond acceptors (Lipinski definition) is 6. The maximum absolute atomic E-state index is 12.9. The topological polar surface area (TPSA) is 89.4 Å². The maximum Gasteiger partial charge on any atom is 0.237 e. The number of benzene rings is 1. The van der Waals surface area contributed by atoms with E-state index in [4.69, 9.17) is 5.73 Å². The number of amides is 1. The highest BCUT2D eigenvalue weighted by Crippen LogP contribution is 2.32. The van der Waals surface area contributed by atoms with Gasteiger partial charge in [-0.2, -0.15) is 0 Å². The van der Waals surface area contributed by atoms with Gasteiger partial charge >= 0.3 is 0 Å². The number of fused-ring (bicyclic) bond motifs is 2. The Bertz CT molecular complexity index is 1000. The van der Waals surface area contributed by atoms with Crippen molar-refractivity contribution >= 4 is 35.0 Å². The van der Waals surface area contributed by atoms with Gasteiger partial charge in [0.2, 0.25) is 11.9 Å². The van der Waals surface area contributed by atoms with Crippen molar-refractivity contribution in [3.63, 3.8) is 0 Å². The lowest BCUT2D eigenvalue weighted by Crippen LogP contribution is -2.37. The number of carbonyl (C=O) groups is 1. The van der Waals surface area contributed by atoms with Crippen LogP contribution >= 0.6 is 11.8 Å². The fraction of sp³-hybridized carbons (Fsp3) is 0.368. The zero-order valence-electron chi connectivity index (χ0n) is 15.4. The molecule has 2 aromatic heterocycles. The quantitative estimate of drug-likeness (QED) is 0.683. The van der Waals surface area contributed by atoms with Gasteiger partial charge in [-0.15, -0.1) is 10.2 Å². The molecule has 1 amide bonds. The van der Waals surface area contributed by atoms with Crippen LogP contribution in [-0.4, -0.2) is 37.3 Å². The Kier molecular flexibility index (Phi) is 4.73. The average molecular weight is 382 g/mol. The van der Waals surface area contributed by atoms with Crippen LogP contribution < -0.4 is 10.6 Å². The summed E-state index contributed by atoms with van der Waals surface area (Å²) < 4.78 is 1.71. The predicted molar refractivity (Wildman–Crippen MR) is 107 cm³/mol. The maximum atomic E-state index is 12.9. The zero-order valence-corrected chi connectivity index (χ0v) is 16.2. The molecule has 3 aromatic rings. The number of aryl methyl sites for hydroxylation is 1. The lowest BCUT2D eigenvalue weighted by Gasteiger charge is -2.22. The minimum absolute atomic E-state index is 0.0586. The third kappa shape index (κ3) is 3.25. The molecule has 0 bridgehead atoms. The van der Waals surface area contributed by atoms with Crippen molar-refractivity contribution in [3.8, 4) is 0 Å². The third-order valence-electron chi connectivity index (χ3n) is 4.75. The number of para-hydroxylation sites is 1. The smallest absolute Gasteiger partial charge is 0.237 e. The zero-order chi connectivity index (χ0) is 19.0. The number of nitrogen functional groups attached to an aromatic ring is 1. The fourth-order valence-electron chi connectivity index (χ4n) is 3.59. The van der Waals surface area contributed by atoms with E-state index in [0.717, 1.165) is 30.6 Å². The van der Waals surface area contributed by atoms with Crippen LogP contribution in [0.1, 0.15) is 31.5 Å². The second kappa shape index (κ2) is 7.19. The first-order chi connectivity index (χ1) is 13.1. The number of thioether (sulfide) groups is 1. The van der Waals surface area contributed by atoms with Crippen molar-refractivity contribution in [2.24, 2.45) is 0 Å². The molecule has 4 rings (SSSR count). The normalized spacial score (nSPS) is 16.1. The fourth-order valence-corrected chi connectivity index (χ4v) is 4.39. The van der Waals surface area contributed by atoms with Crippen molar-refractivity contribution in [3.05, 3.63) is 41.6 Å². The van der Waals surface area contributed by atoms with Gasteiger partial charge in [0.15, 0.2) is 10.8 Å². The second-order valence-electron chi connectivity index (χ2n) is 6.77. The summed E-state index contributed by atoms with van der Waals surface area (Å²) >= 11 is 1.34. The predicted octanol–water partition coefficient (Wildman–Crippen LogP) is 2.73. The summed E-state index contributed by atoms with van der Waals surface area (Å²) in [5.41, 5.74) is 9.91. The monoisotopic (exact) mass is 382 g/mol. The van der Waals surface area contributed by atoms with E-state index in [9.17, 15) is 4.79 Å². The van der Waals surface area contributed by atoms with Crippen LogP contribution in [-0.2, 0) is 17.6 Å². The van der Waals surface area contributed by atoms with Crippen molar-refractivity contribution in [2.45, 2.75) is 44.3 Å². The average Bonchev–Trinajstić information content (AvgIpc) is 3.20. The largest absolute Gasteiger partial charge is 0.369 e. The Morgan fingerprint density at radius 3 is 2.96 bits per heavy atom. The Morgan fingerprint density at radius 1 is 1.33 bits per heavy atom. The highest BCUT2D eigenvalue weighted by atomic mass is 32.2. The summed E-state index contributed by atoms with van der Waals surface area (Å²) in [6.07, 6.45) is 2.72. The van der Waals surface area contributed by atoms with Crippen molar-refractivity contribution in [2.75, 3.05) is 16.4 Å². The van der Waals surface area contributed by atoms with E-state index < -0.39 is 0 Å². The molecule has 140 valence electrons. The molecule has 0 aliphatic carbocycles. The van der Waals surface area contributed by atoms with Crippen LogP contribution in [0, 0.1) is 0 Å². The molecule has 2 N–H and O–H groups in total. The molecule has 8 heteroatoms. The van der Waals surface area contributed by atoms with Gasteiger partial charge in [-0.3, -0.25) is 4.79 Å². The molecule has 0 saturated carbocycles. The van der Waals surface area contributed by atoms with Crippen LogP contribution in [0.15, 0.2) is 35.5 Å². The first-order valence-corrected chi connectivity index (χ1v) is 10.1. The van der Waals surface area contributed by atoms with E-state index in [1.807, 2.05) is 29.2 Å². The minimum Gasteiger partial charge on any atom is -0.369 e. The Balaban J connectivity index is 1.53. The lowest BCUT2D eigenvalue weighted by molar-refractivity contribution is -0.116. The summed E-state index contributed by atoms with van der Waals surface area (Å²) in [5, 5.41) is 8.99. The molecular formula is C19H22N6OS. The van der Waals surface area contributed by atoms with E-state index in [-0.39, 0.29) is 17.7 Å². The number of nitrogens with zero attached hydrogens (tertiary/aromatic N) is 5. The SMILES string of the molecule is CCCc1cc2nnc(SCC(=O)N3c4ccccc4C[C@H]3C)n2c(N)n1. The summed E-state index contributed by atoms with van der Waals surface area (Å²) in [6.45, 7) is 4.17. The van der Waals surface area contributed by atoms with E-state index in [1.54, 1.807) is 4.40 Å². The molecule has 1 aliphatic heterocycles. The molecule has 0 fully saturated rings. The molecule has 0 radical (unpaired) electrons. The number of rotatable bonds is 5. The first kappa shape index (κ1) is 17.8. The van der Waals surface area contributed by atoms with Gasteiger partial charge in [0.1, 0.15) is 0 Å². The minimum atomic E-state index is 0.0586. The second-order valence-corrected chi connectivity index (χ2v) is 7.71. The number of nitrogens with two attached hydrogens (primary N) is 1. The molecule has 1 atom stereocenters. The van der Waals surface area contributed by atoms with E-state index in [1.165, 1.54) is 17.3 Å². The molecule has 27 heavy (non-hydrogen) atoms. The van der Waals surface area contributed by atoms with Crippen LogP contribution in [0.3, 0.4) is 0 Å². The molecule has 0 spiro atoms. The highest BCUT2D eigenvalue weighted by Gasteiger charge is 2.30. The third-order valence-corrected chi connectivity index (χ3v) is 5.66. The van der Waals surface area contributed by atoms with Crippen molar-refractivity contribution in [1.29, 1.82) is 0 Å². The Morgan fingerprint density at radius 2 is 2.15 bits per heavy atom. The highest BCUT2D eigenvalue weighted by molar-refractivity contribution is 7.99. The van der Waals surface area contributed by atoms with Gasteiger partial charge in [0.05, 0.1) is 5.75 Å². The van der Waals surface area contributed by atoms with E-state index >= 15 is 0 Å². The molecule has 7 nitrogen and oxygen atoms in total. The lowest BCUT2D eigenvalue weighted by atomic mass is 10.1. The van der Waals surface area contributed by atoms with Crippen LogP contribution in [0.5, 0.6) is 0 Å². The van der Waals surface area contributed by atoms with Gasteiger partial charge in [-0.25, -0.2) is 9.38 Å². The summed E-state index contributed by atoms with van der Waals surface area (Å²) in [7, 11) is 0. The van der Waals surface area contributed by atoms with Crippen LogP contribution in [0.4, 0.5) is 11.6 Å². The molecule has 3 heterocycles. The van der Waals surface area contributed by atoms with Crippen LogP contribution in [0.25, 0.3) is 5.65 Å². The summed E-state index contributed by atoms with van der Waals surface area (Å²) in [4.78, 5) is 19.2. The molecular weight excluding hydrogens is 360 g/mol. The van der Waals surface area contributed by atoms with Crippen molar-refractivity contribution in [1.82, 2.24) is 19.6 Å². The molecule has 1 aromatic carbocycles. The Hall–Kier alpha value is -2.61. The number of hydrogen-bond donors (Lipinski definition) is 1. The summed E-state index contributed by atoms with van der Waals surface area (Å²) in [5.74, 6) is 0.689. The molecule has 0 unspecified atom stereocenters. The Labute approximate surface area is 162 Å². The van der Waals surface area contributed by atoms with E-state index in [2.05, 4.69) is 35.1 Å². The number of anilines is 2. The first-order valence-electron chi connectivity index (χ1n) is 9.11.